The average molecular weight is 333 g/mol. The van der Waals surface area contributed by atoms with Gasteiger partial charge in [-0.05, 0) is 37.8 Å². The summed E-state index contributed by atoms with van der Waals surface area (Å²) in [5.41, 5.74) is -2.15. The van der Waals surface area contributed by atoms with Gasteiger partial charge in [0.1, 0.15) is 5.82 Å². The molecule has 2 rings (SSSR count). The Hall–Kier alpha value is -2.12. The average Bonchev–Trinajstić information content (AvgIpc) is 2.46. The van der Waals surface area contributed by atoms with Crippen LogP contribution in [0.5, 0.6) is 0 Å². The fourth-order valence-corrected chi connectivity index (χ4v) is 2.67. The van der Waals surface area contributed by atoms with E-state index in [1.165, 1.54) is 0 Å². The van der Waals surface area contributed by atoms with Gasteiger partial charge in [-0.25, -0.2) is 4.39 Å². The van der Waals surface area contributed by atoms with E-state index in [2.05, 4.69) is 5.32 Å². The van der Waals surface area contributed by atoms with Crippen LogP contribution in [-0.2, 0) is 11.0 Å². The van der Waals surface area contributed by atoms with Gasteiger partial charge in [0, 0.05) is 6.04 Å². The lowest BCUT2D eigenvalue weighted by Gasteiger charge is -2.27. The van der Waals surface area contributed by atoms with Crippen LogP contribution in [-0.4, -0.2) is 23.0 Å². The first kappa shape index (κ1) is 17.2. The first-order valence-corrected chi connectivity index (χ1v) is 7.09. The predicted octanol–water partition coefficient (Wildman–Crippen LogP) is 3.22. The number of carbonyl (C=O) groups excluding carboxylic acids is 1. The minimum absolute atomic E-state index is 0.366. The summed E-state index contributed by atoms with van der Waals surface area (Å²) in [6, 6.07) is 2.17. The first-order valence-electron chi connectivity index (χ1n) is 7.09. The minimum Gasteiger partial charge on any atom is -0.481 e. The van der Waals surface area contributed by atoms with Gasteiger partial charge in [0.05, 0.1) is 17.0 Å². The van der Waals surface area contributed by atoms with Crippen molar-refractivity contribution in [3.63, 3.8) is 0 Å². The Morgan fingerprint density at radius 3 is 2.26 bits per heavy atom. The Labute approximate surface area is 129 Å². The van der Waals surface area contributed by atoms with Crippen molar-refractivity contribution >= 4 is 11.9 Å². The molecule has 1 amide bonds. The molecule has 0 aromatic heterocycles. The standard InChI is InChI=1S/C15H15F4NO3/c16-12-10(2-1-3-11(12)15(17,18)19)13(21)20-9-6-4-8(5-7-9)14(22)23/h1-3,8-9H,4-7H2,(H,20,21)(H,22,23). The lowest BCUT2D eigenvalue weighted by Crippen LogP contribution is -2.39. The number of alkyl halides is 3. The van der Waals surface area contributed by atoms with E-state index >= 15 is 0 Å². The van der Waals surface area contributed by atoms with Crippen LogP contribution in [0.25, 0.3) is 0 Å². The number of aliphatic carboxylic acids is 1. The number of carboxylic acid groups (broad SMARTS) is 1. The molecule has 1 aromatic carbocycles. The summed E-state index contributed by atoms with van der Waals surface area (Å²) in [5.74, 6) is -3.91. The number of hydrogen-bond donors (Lipinski definition) is 2. The lowest BCUT2D eigenvalue weighted by molar-refractivity contribution is -0.143. The van der Waals surface area contributed by atoms with Crippen LogP contribution in [0.15, 0.2) is 18.2 Å². The molecule has 1 aromatic rings. The van der Waals surface area contributed by atoms with E-state index in [0.717, 1.165) is 12.1 Å². The Morgan fingerprint density at radius 2 is 1.74 bits per heavy atom. The quantitative estimate of drug-likeness (QED) is 0.835. The second-order valence-corrected chi connectivity index (χ2v) is 5.53. The van der Waals surface area contributed by atoms with Crippen LogP contribution in [0.2, 0.25) is 0 Å². The fraction of sp³-hybridized carbons (Fsp3) is 0.467. The molecule has 126 valence electrons. The zero-order valence-corrected chi connectivity index (χ0v) is 12.0. The summed E-state index contributed by atoms with van der Waals surface area (Å²) in [5, 5.41) is 11.4. The monoisotopic (exact) mass is 333 g/mol. The molecule has 8 heteroatoms. The summed E-state index contributed by atoms with van der Waals surface area (Å²) in [6.07, 6.45) is -3.36. The third kappa shape index (κ3) is 4.00. The Bertz CT molecular complexity index is 607. The molecule has 2 N–H and O–H groups in total. The lowest BCUT2D eigenvalue weighted by atomic mass is 9.86. The summed E-state index contributed by atoms with van der Waals surface area (Å²) >= 11 is 0. The number of amides is 1. The smallest absolute Gasteiger partial charge is 0.419 e. The number of nitrogens with one attached hydrogen (secondary N) is 1. The van der Waals surface area contributed by atoms with Crippen molar-refractivity contribution in [2.45, 2.75) is 37.9 Å². The second-order valence-electron chi connectivity index (χ2n) is 5.53. The van der Waals surface area contributed by atoms with Crippen molar-refractivity contribution in [3.05, 3.63) is 35.1 Å². The molecule has 1 aliphatic rings. The van der Waals surface area contributed by atoms with Crippen LogP contribution >= 0.6 is 0 Å². The molecule has 23 heavy (non-hydrogen) atoms. The molecule has 1 saturated carbocycles. The van der Waals surface area contributed by atoms with Crippen LogP contribution in [0.3, 0.4) is 0 Å². The van der Waals surface area contributed by atoms with Crippen molar-refractivity contribution in [1.29, 1.82) is 0 Å². The number of hydrogen-bond acceptors (Lipinski definition) is 2. The highest BCUT2D eigenvalue weighted by Gasteiger charge is 2.36. The number of carbonyl (C=O) groups is 2. The molecular weight excluding hydrogens is 318 g/mol. The van der Waals surface area contributed by atoms with Crippen LogP contribution in [0.1, 0.15) is 41.6 Å². The number of benzene rings is 1. The van der Waals surface area contributed by atoms with Gasteiger partial charge in [0.25, 0.3) is 5.91 Å². The van der Waals surface area contributed by atoms with Gasteiger partial charge in [-0.15, -0.1) is 0 Å². The maximum atomic E-state index is 13.9. The van der Waals surface area contributed by atoms with Gasteiger partial charge < -0.3 is 10.4 Å². The minimum atomic E-state index is -4.88. The highest BCUT2D eigenvalue weighted by molar-refractivity contribution is 5.95. The maximum absolute atomic E-state index is 13.9. The van der Waals surface area contributed by atoms with Crippen molar-refractivity contribution in [1.82, 2.24) is 5.32 Å². The molecular formula is C15H15F4NO3. The molecule has 0 unspecified atom stereocenters. The Morgan fingerprint density at radius 1 is 1.13 bits per heavy atom. The van der Waals surface area contributed by atoms with Crippen molar-refractivity contribution < 1.29 is 32.3 Å². The van der Waals surface area contributed by atoms with Crippen LogP contribution < -0.4 is 5.32 Å². The van der Waals surface area contributed by atoms with E-state index in [-0.39, 0.29) is 6.04 Å². The molecule has 0 spiro atoms. The molecule has 0 saturated heterocycles. The molecule has 0 heterocycles. The zero-order chi connectivity index (χ0) is 17.2. The molecule has 1 fully saturated rings. The van der Waals surface area contributed by atoms with E-state index in [0.29, 0.717) is 31.7 Å². The van der Waals surface area contributed by atoms with Crippen LogP contribution in [0.4, 0.5) is 17.6 Å². The molecule has 1 aliphatic carbocycles. The molecule has 4 nitrogen and oxygen atoms in total. The molecule has 0 atom stereocenters. The van der Waals surface area contributed by atoms with E-state index in [9.17, 15) is 27.2 Å². The molecule has 0 radical (unpaired) electrons. The number of carboxylic acids is 1. The first-order chi connectivity index (χ1) is 10.7. The topological polar surface area (TPSA) is 66.4 Å². The summed E-state index contributed by atoms with van der Waals surface area (Å²) in [6.45, 7) is 0. The highest BCUT2D eigenvalue weighted by Crippen LogP contribution is 2.32. The van der Waals surface area contributed by atoms with E-state index in [4.69, 9.17) is 5.11 Å². The predicted molar refractivity (Wildman–Crippen MR) is 72.3 cm³/mol. The summed E-state index contributed by atoms with van der Waals surface area (Å²) < 4.78 is 51.8. The molecule has 0 bridgehead atoms. The SMILES string of the molecule is O=C(NC1CCC(C(=O)O)CC1)c1cccc(C(F)(F)F)c1F. The van der Waals surface area contributed by atoms with E-state index in [1.54, 1.807) is 0 Å². The number of halogens is 4. The van der Waals surface area contributed by atoms with Gasteiger partial charge in [0.2, 0.25) is 0 Å². The Kier molecular flexibility index (Phi) is 4.91. The van der Waals surface area contributed by atoms with E-state index in [1.807, 2.05) is 0 Å². The zero-order valence-electron chi connectivity index (χ0n) is 12.0. The van der Waals surface area contributed by atoms with E-state index < -0.39 is 40.9 Å². The summed E-state index contributed by atoms with van der Waals surface area (Å²) in [7, 11) is 0. The van der Waals surface area contributed by atoms with Gasteiger partial charge in [-0.1, -0.05) is 6.07 Å². The third-order valence-corrected chi connectivity index (χ3v) is 3.96. The normalized spacial score (nSPS) is 21.7. The van der Waals surface area contributed by atoms with Gasteiger partial charge in [-0.3, -0.25) is 9.59 Å². The fourth-order valence-electron chi connectivity index (χ4n) is 2.67. The van der Waals surface area contributed by atoms with Gasteiger partial charge >= 0.3 is 12.1 Å². The van der Waals surface area contributed by atoms with Crippen molar-refractivity contribution in [2.75, 3.05) is 0 Å². The third-order valence-electron chi connectivity index (χ3n) is 3.96. The largest absolute Gasteiger partial charge is 0.481 e. The molecule has 0 aliphatic heterocycles. The van der Waals surface area contributed by atoms with Gasteiger partial charge in [0.15, 0.2) is 0 Å². The van der Waals surface area contributed by atoms with Crippen molar-refractivity contribution in [2.24, 2.45) is 5.92 Å². The Balaban J connectivity index is 2.06. The van der Waals surface area contributed by atoms with Crippen LogP contribution in [0, 0.1) is 11.7 Å². The summed E-state index contributed by atoms with van der Waals surface area (Å²) in [4.78, 5) is 22.8. The number of rotatable bonds is 3. The van der Waals surface area contributed by atoms with Gasteiger partial charge in [-0.2, -0.15) is 13.2 Å². The highest BCUT2D eigenvalue weighted by atomic mass is 19.4. The maximum Gasteiger partial charge on any atom is 0.419 e. The van der Waals surface area contributed by atoms with Crippen molar-refractivity contribution in [3.8, 4) is 0 Å². The second kappa shape index (κ2) is 6.55.